The zero-order chi connectivity index (χ0) is 9.26. The van der Waals surface area contributed by atoms with E-state index in [-0.39, 0.29) is 0 Å². The van der Waals surface area contributed by atoms with Crippen molar-refractivity contribution in [2.24, 2.45) is 0 Å². The van der Waals surface area contributed by atoms with Gasteiger partial charge in [0.2, 0.25) is 0 Å². The molecule has 1 fully saturated rings. The van der Waals surface area contributed by atoms with Gasteiger partial charge in [-0.15, -0.1) is 0 Å². The van der Waals surface area contributed by atoms with Crippen molar-refractivity contribution in [1.29, 1.82) is 0 Å². The Labute approximate surface area is 86.9 Å². The van der Waals surface area contributed by atoms with Crippen LogP contribution in [0.25, 0.3) is 0 Å². The molecule has 2 rings (SSSR count). The second kappa shape index (κ2) is 3.68. The highest BCUT2D eigenvalue weighted by molar-refractivity contribution is 9.10. The Balaban J connectivity index is 2.14. The third kappa shape index (κ3) is 1.86. The Morgan fingerprint density at radius 1 is 1.46 bits per heavy atom. The molecule has 3 heteroatoms. The van der Waals surface area contributed by atoms with Gasteiger partial charge >= 0.3 is 0 Å². The average Bonchev–Trinajstić information content (AvgIpc) is 2.04. The summed E-state index contributed by atoms with van der Waals surface area (Å²) in [5.74, 6) is 0. The van der Waals surface area contributed by atoms with Crippen molar-refractivity contribution < 1.29 is 0 Å². The Bertz CT molecular complexity index is 308. The van der Waals surface area contributed by atoms with Crippen LogP contribution >= 0.6 is 15.9 Å². The smallest absolute Gasteiger partial charge is 0.0510 e. The molecular formula is C10H13BrN2. The van der Waals surface area contributed by atoms with Crippen molar-refractivity contribution in [3.05, 3.63) is 28.2 Å². The number of hydrogen-bond acceptors (Lipinski definition) is 2. The van der Waals surface area contributed by atoms with E-state index in [2.05, 4.69) is 51.7 Å². The van der Waals surface area contributed by atoms with Crippen LogP contribution in [-0.4, -0.2) is 19.1 Å². The summed E-state index contributed by atoms with van der Waals surface area (Å²) in [6.45, 7) is 4.27. The Hall–Kier alpha value is -0.540. The molecule has 0 aliphatic carbocycles. The topological polar surface area (TPSA) is 24.1 Å². The van der Waals surface area contributed by atoms with Crippen molar-refractivity contribution in [1.82, 2.24) is 5.32 Å². The minimum absolute atomic E-state index is 0.605. The lowest BCUT2D eigenvalue weighted by Gasteiger charge is -2.29. The van der Waals surface area contributed by atoms with Gasteiger partial charge in [-0.1, -0.05) is 22.0 Å². The molecule has 1 aromatic carbocycles. The van der Waals surface area contributed by atoms with Crippen molar-refractivity contribution in [2.75, 3.05) is 18.4 Å². The molecule has 70 valence electrons. The second-order valence-electron chi connectivity index (χ2n) is 3.41. The number of halogens is 1. The van der Waals surface area contributed by atoms with E-state index >= 15 is 0 Å². The molecule has 0 unspecified atom stereocenters. The van der Waals surface area contributed by atoms with Crippen molar-refractivity contribution in [3.8, 4) is 0 Å². The maximum atomic E-state index is 3.52. The minimum Gasteiger partial charge on any atom is -0.379 e. The normalized spacial score (nSPS) is 16.8. The molecule has 1 aromatic rings. The Morgan fingerprint density at radius 2 is 2.23 bits per heavy atom. The van der Waals surface area contributed by atoms with Crippen LogP contribution in [0.5, 0.6) is 0 Å². The maximum absolute atomic E-state index is 3.52. The fraction of sp³-hybridized carbons (Fsp3) is 0.400. The maximum Gasteiger partial charge on any atom is 0.0510 e. The molecule has 1 aliphatic heterocycles. The Morgan fingerprint density at radius 3 is 2.85 bits per heavy atom. The summed E-state index contributed by atoms with van der Waals surface area (Å²) >= 11 is 3.52. The van der Waals surface area contributed by atoms with Gasteiger partial charge in [0, 0.05) is 23.2 Å². The number of anilines is 1. The van der Waals surface area contributed by atoms with Gasteiger partial charge in [0.25, 0.3) is 0 Å². The molecule has 1 aliphatic rings. The molecular weight excluding hydrogens is 228 g/mol. The van der Waals surface area contributed by atoms with Gasteiger partial charge in [-0.3, -0.25) is 0 Å². The van der Waals surface area contributed by atoms with Crippen LogP contribution in [0.15, 0.2) is 22.7 Å². The summed E-state index contributed by atoms with van der Waals surface area (Å²) in [7, 11) is 0. The summed E-state index contributed by atoms with van der Waals surface area (Å²) in [6.07, 6.45) is 0. The monoisotopic (exact) mass is 240 g/mol. The van der Waals surface area contributed by atoms with Gasteiger partial charge in [0.1, 0.15) is 0 Å². The fourth-order valence-electron chi connectivity index (χ4n) is 1.37. The molecule has 2 nitrogen and oxygen atoms in total. The zero-order valence-electron chi connectivity index (χ0n) is 7.60. The summed E-state index contributed by atoms with van der Waals surface area (Å²) in [6, 6.07) is 6.86. The van der Waals surface area contributed by atoms with E-state index < -0.39 is 0 Å². The quantitative estimate of drug-likeness (QED) is 0.828. The standard InChI is InChI=1S/C10H13BrN2/c1-7-9(11)3-2-4-10(7)13-8-5-12-6-8/h2-4,8,12-13H,5-6H2,1H3. The van der Waals surface area contributed by atoms with E-state index in [1.807, 2.05) is 0 Å². The first kappa shape index (κ1) is 9.03. The van der Waals surface area contributed by atoms with E-state index in [0.29, 0.717) is 6.04 Å². The largest absolute Gasteiger partial charge is 0.379 e. The van der Waals surface area contributed by atoms with Crippen LogP contribution in [-0.2, 0) is 0 Å². The number of benzene rings is 1. The molecule has 2 N–H and O–H groups in total. The lowest BCUT2D eigenvalue weighted by molar-refractivity contribution is 0.472. The van der Waals surface area contributed by atoms with Crippen molar-refractivity contribution in [2.45, 2.75) is 13.0 Å². The minimum atomic E-state index is 0.605. The van der Waals surface area contributed by atoms with Crippen LogP contribution in [0.2, 0.25) is 0 Å². The summed E-state index contributed by atoms with van der Waals surface area (Å²) in [5.41, 5.74) is 2.52. The molecule has 0 aromatic heterocycles. The molecule has 0 spiro atoms. The van der Waals surface area contributed by atoms with Gasteiger partial charge in [-0.05, 0) is 24.6 Å². The highest BCUT2D eigenvalue weighted by atomic mass is 79.9. The number of hydrogen-bond donors (Lipinski definition) is 2. The lowest BCUT2D eigenvalue weighted by atomic mass is 10.1. The van der Waals surface area contributed by atoms with Crippen LogP contribution in [0.3, 0.4) is 0 Å². The third-order valence-electron chi connectivity index (χ3n) is 2.41. The van der Waals surface area contributed by atoms with E-state index in [1.54, 1.807) is 0 Å². The highest BCUT2D eigenvalue weighted by Gasteiger charge is 2.16. The Kier molecular flexibility index (Phi) is 2.56. The van der Waals surface area contributed by atoms with Crippen molar-refractivity contribution in [3.63, 3.8) is 0 Å². The lowest BCUT2D eigenvalue weighted by Crippen LogP contribution is -2.51. The van der Waals surface area contributed by atoms with Crippen LogP contribution in [0.4, 0.5) is 5.69 Å². The molecule has 13 heavy (non-hydrogen) atoms. The van der Waals surface area contributed by atoms with E-state index in [1.165, 1.54) is 15.7 Å². The molecule has 0 amide bonds. The molecule has 0 radical (unpaired) electrons. The van der Waals surface area contributed by atoms with Crippen LogP contribution < -0.4 is 10.6 Å². The fourth-order valence-corrected chi connectivity index (χ4v) is 1.74. The average molecular weight is 241 g/mol. The van der Waals surface area contributed by atoms with E-state index in [0.717, 1.165) is 13.1 Å². The number of nitrogens with one attached hydrogen (secondary N) is 2. The van der Waals surface area contributed by atoms with Gasteiger partial charge in [-0.2, -0.15) is 0 Å². The second-order valence-corrected chi connectivity index (χ2v) is 4.27. The SMILES string of the molecule is Cc1c(Br)cccc1NC1CNC1. The summed E-state index contributed by atoms with van der Waals surface area (Å²) < 4.78 is 1.17. The first-order valence-corrected chi connectivity index (χ1v) is 5.29. The first-order valence-electron chi connectivity index (χ1n) is 4.50. The number of rotatable bonds is 2. The highest BCUT2D eigenvalue weighted by Crippen LogP contribution is 2.24. The van der Waals surface area contributed by atoms with E-state index in [9.17, 15) is 0 Å². The summed E-state index contributed by atoms with van der Waals surface area (Å²) in [4.78, 5) is 0. The van der Waals surface area contributed by atoms with E-state index in [4.69, 9.17) is 0 Å². The molecule has 0 saturated carbocycles. The summed E-state index contributed by atoms with van der Waals surface area (Å²) in [5, 5.41) is 6.74. The molecule has 0 bridgehead atoms. The predicted molar refractivity (Wildman–Crippen MR) is 59.2 cm³/mol. The van der Waals surface area contributed by atoms with Crippen molar-refractivity contribution >= 4 is 21.6 Å². The third-order valence-corrected chi connectivity index (χ3v) is 3.27. The van der Waals surface area contributed by atoms with Gasteiger partial charge in [0.15, 0.2) is 0 Å². The van der Waals surface area contributed by atoms with Gasteiger partial charge in [0.05, 0.1) is 6.04 Å². The zero-order valence-corrected chi connectivity index (χ0v) is 9.19. The molecule has 0 atom stereocenters. The predicted octanol–water partition coefficient (Wildman–Crippen LogP) is 2.14. The van der Waals surface area contributed by atoms with Crippen LogP contribution in [0, 0.1) is 6.92 Å². The van der Waals surface area contributed by atoms with Crippen LogP contribution in [0.1, 0.15) is 5.56 Å². The molecule has 1 saturated heterocycles. The van der Waals surface area contributed by atoms with Gasteiger partial charge < -0.3 is 10.6 Å². The first-order chi connectivity index (χ1) is 6.27. The van der Waals surface area contributed by atoms with Gasteiger partial charge in [-0.25, -0.2) is 0 Å². The molecule has 1 heterocycles.